The summed E-state index contributed by atoms with van der Waals surface area (Å²) in [4.78, 5) is 0. The third-order valence-corrected chi connectivity index (χ3v) is 9.41. The number of hydrogen-bond acceptors (Lipinski definition) is 1. The molecule has 8 aromatic rings. The van der Waals surface area contributed by atoms with Crippen LogP contribution in [-0.2, 0) is 5.41 Å². The number of rotatable bonds is 2. The zero-order chi connectivity index (χ0) is 28.0. The van der Waals surface area contributed by atoms with Crippen molar-refractivity contribution in [3.8, 4) is 33.6 Å². The molecule has 0 unspecified atom stereocenters. The molecule has 0 N–H and O–H groups in total. The van der Waals surface area contributed by atoms with Crippen molar-refractivity contribution in [1.29, 1.82) is 0 Å². The third-order valence-electron chi connectivity index (χ3n) is 9.41. The highest BCUT2D eigenvalue weighted by Gasteiger charge is 2.42. The Morgan fingerprint density at radius 3 is 1.57 bits per heavy atom. The Labute approximate surface area is 244 Å². The van der Waals surface area contributed by atoms with E-state index in [0.29, 0.717) is 0 Å². The molecule has 0 amide bonds. The molecule has 0 saturated carbocycles. The fraction of sp³-hybridized carbons (Fsp3) is 0.0732. The predicted octanol–water partition coefficient (Wildman–Crippen LogP) is 11.5. The van der Waals surface area contributed by atoms with Gasteiger partial charge < -0.3 is 4.42 Å². The van der Waals surface area contributed by atoms with E-state index in [1.807, 2.05) is 0 Å². The van der Waals surface area contributed by atoms with E-state index >= 15 is 0 Å². The van der Waals surface area contributed by atoms with Crippen molar-refractivity contribution >= 4 is 43.3 Å². The molecule has 9 rings (SSSR count). The fourth-order valence-corrected chi connectivity index (χ4v) is 7.76. The summed E-state index contributed by atoms with van der Waals surface area (Å²) in [6.45, 7) is 4.72. The van der Waals surface area contributed by atoms with Gasteiger partial charge in [-0.25, -0.2) is 0 Å². The van der Waals surface area contributed by atoms with E-state index in [4.69, 9.17) is 4.42 Å². The molecule has 0 atom stereocenters. The van der Waals surface area contributed by atoms with Crippen LogP contribution in [0.4, 0.5) is 0 Å². The standard InChI is InChI=1S/C41H28O/c1-41(2)38-33(22-12-23-34(38)40-39(41)32-20-9-10-24-35(32)42-40)37-30-18-7-5-16-28(30)36(29-17-6-8-19-31(29)37)27-21-11-14-25-13-3-4-15-26(25)27/h3-24H,1-2H3. The molecular formula is C41H28O. The maximum Gasteiger partial charge on any atom is 0.139 e. The van der Waals surface area contributed by atoms with Crippen molar-refractivity contribution in [2.45, 2.75) is 19.3 Å². The maximum atomic E-state index is 6.56. The summed E-state index contributed by atoms with van der Waals surface area (Å²) in [7, 11) is 0. The van der Waals surface area contributed by atoms with E-state index in [1.54, 1.807) is 0 Å². The Morgan fingerprint density at radius 2 is 0.881 bits per heavy atom. The molecule has 0 aliphatic heterocycles. The molecular weight excluding hydrogens is 508 g/mol. The van der Waals surface area contributed by atoms with E-state index in [-0.39, 0.29) is 5.41 Å². The molecule has 0 fully saturated rings. The molecule has 1 nitrogen and oxygen atoms in total. The summed E-state index contributed by atoms with van der Waals surface area (Å²) in [6, 6.07) is 48.5. The summed E-state index contributed by atoms with van der Waals surface area (Å²) >= 11 is 0. The van der Waals surface area contributed by atoms with Crippen molar-refractivity contribution in [1.82, 2.24) is 0 Å². The highest BCUT2D eigenvalue weighted by Crippen LogP contribution is 2.57. The second-order valence-corrected chi connectivity index (χ2v) is 12.0. The number of benzene rings is 7. The highest BCUT2D eigenvalue weighted by molar-refractivity contribution is 6.24. The van der Waals surface area contributed by atoms with Gasteiger partial charge in [-0.2, -0.15) is 0 Å². The lowest BCUT2D eigenvalue weighted by atomic mass is 9.76. The first-order valence-electron chi connectivity index (χ1n) is 14.7. The van der Waals surface area contributed by atoms with E-state index < -0.39 is 0 Å². The summed E-state index contributed by atoms with van der Waals surface area (Å²) in [5, 5.41) is 8.85. The first kappa shape index (κ1) is 23.6. The Balaban J connectivity index is 1.42. The highest BCUT2D eigenvalue weighted by atomic mass is 16.3. The Hall–Kier alpha value is -5.14. The van der Waals surface area contributed by atoms with Crippen LogP contribution in [0.25, 0.3) is 76.9 Å². The van der Waals surface area contributed by atoms with Gasteiger partial charge >= 0.3 is 0 Å². The summed E-state index contributed by atoms with van der Waals surface area (Å²) in [5.74, 6) is 1.01. The average Bonchev–Trinajstić information content (AvgIpc) is 3.53. The largest absolute Gasteiger partial charge is 0.456 e. The quantitative estimate of drug-likeness (QED) is 0.200. The molecule has 0 radical (unpaired) electrons. The van der Waals surface area contributed by atoms with Crippen LogP contribution in [0.5, 0.6) is 0 Å². The Kier molecular flexibility index (Phi) is 4.73. The third kappa shape index (κ3) is 3.03. The maximum absolute atomic E-state index is 6.56. The number of furan rings is 1. The average molecular weight is 537 g/mol. The van der Waals surface area contributed by atoms with E-state index in [0.717, 1.165) is 11.3 Å². The van der Waals surface area contributed by atoms with E-state index in [1.165, 1.54) is 76.6 Å². The number of para-hydroxylation sites is 1. The summed E-state index contributed by atoms with van der Waals surface area (Å²) < 4.78 is 6.56. The zero-order valence-corrected chi connectivity index (χ0v) is 23.6. The van der Waals surface area contributed by atoms with Crippen LogP contribution in [0, 0.1) is 0 Å². The second kappa shape index (κ2) is 8.44. The molecule has 1 aliphatic carbocycles. The SMILES string of the molecule is CC1(C)c2c(cccc2-c2c3ccccc3c(-c3cccc4ccccc34)c3ccccc23)-c2oc3ccccc3c21. The minimum Gasteiger partial charge on any atom is -0.456 e. The van der Waals surface area contributed by atoms with E-state index in [2.05, 4.69) is 147 Å². The lowest BCUT2D eigenvalue weighted by Crippen LogP contribution is -2.16. The predicted molar refractivity (Wildman–Crippen MR) is 177 cm³/mol. The van der Waals surface area contributed by atoms with Crippen molar-refractivity contribution in [3.05, 3.63) is 145 Å². The normalized spacial score (nSPS) is 13.7. The molecule has 0 spiro atoms. The van der Waals surface area contributed by atoms with Gasteiger partial charge in [0.05, 0.1) is 0 Å². The summed E-state index contributed by atoms with van der Waals surface area (Å²) in [6.07, 6.45) is 0. The van der Waals surface area contributed by atoms with Gasteiger partial charge in [-0.1, -0.05) is 141 Å². The molecule has 0 saturated heterocycles. The van der Waals surface area contributed by atoms with Crippen LogP contribution >= 0.6 is 0 Å². The number of hydrogen-bond donors (Lipinski definition) is 0. The smallest absolute Gasteiger partial charge is 0.139 e. The molecule has 1 heteroatoms. The van der Waals surface area contributed by atoms with Crippen molar-refractivity contribution < 1.29 is 4.42 Å². The van der Waals surface area contributed by atoms with Gasteiger partial charge in [0.25, 0.3) is 0 Å². The first-order valence-corrected chi connectivity index (χ1v) is 14.7. The molecule has 7 aromatic carbocycles. The van der Waals surface area contributed by atoms with Gasteiger partial charge in [-0.05, 0) is 66.2 Å². The van der Waals surface area contributed by atoms with Crippen LogP contribution in [0.15, 0.2) is 138 Å². The van der Waals surface area contributed by atoms with Crippen molar-refractivity contribution in [2.24, 2.45) is 0 Å². The second-order valence-electron chi connectivity index (χ2n) is 12.0. The monoisotopic (exact) mass is 536 g/mol. The Morgan fingerprint density at radius 1 is 0.405 bits per heavy atom. The molecule has 198 valence electrons. The molecule has 42 heavy (non-hydrogen) atoms. The number of fused-ring (bicyclic) bond motifs is 8. The molecule has 1 aromatic heterocycles. The topological polar surface area (TPSA) is 13.1 Å². The minimum absolute atomic E-state index is 0.218. The molecule has 1 heterocycles. The van der Waals surface area contributed by atoms with Gasteiger partial charge in [0, 0.05) is 21.9 Å². The van der Waals surface area contributed by atoms with E-state index in [9.17, 15) is 0 Å². The summed E-state index contributed by atoms with van der Waals surface area (Å²) in [5.41, 5.74) is 9.73. The zero-order valence-electron chi connectivity index (χ0n) is 23.6. The van der Waals surface area contributed by atoms with Crippen LogP contribution in [0.3, 0.4) is 0 Å². The first-order chi connectivity index (χ1) is 20.6. The van der Waals surface area contributed by atoms with Crippen molar-refractivity contribution in [3.63, 3.8) is 0 Å². The van der Waals surface area contributed by atoms with Gasteiger partial charge in [0.15, 0.2) is 0 Å². The molecule has 0 bridgehead atoms. The lowest BCUT2D eigenvalue weighted by molar-refractivity contribution is 0.619. The Bertz CT molecular complexity index is 2320. The van der Waals surface area contributed by atoms with Crippen LogP contribution < -0.4 is 0 Å². The van der Waals surface area contributed by atoms with Crippen LogP contribution in [0.1, 0.15) is 25.0 Å². The van der Waals surface area contributed by atoms with Gasteiger partial charge in [0.2, 0.25) is 0 Å². The van der Waals surface area contributed by atoms with Crippen LogP contribution in [0.2, 0.25) is 0 Å². The van der Waals surface area contributed by atoms with Crippen molar-refractivity contribution in [2.75, 3.05) is 0 Å². The van der Waals surface area contributed by atoms with Crippen LogP contribution in [-0.4, -0.2) is 0 Å². The van der Waals surface area contributed by atoms with Gasteiger partial charge in [-0.3, -0.25) is 0 Å². The van der Waals surface area contributed by atoms with Gasteiger partial charge in [-0.15, -0.1) is 0 Å². The van der Waals surface area contributed by atoms with Gasteiger partial charge in [0.1, 0.15) is 11.3 Å². The lowest BCUT2D eigenvalue weighted by Gasteiger charge is -2.26. The fourth-order valence-electron chi connectivity index (χ4n) is 7.76. The minimum atomic E-state index is -0.218. The molecule has 1 aliphatic rings.